The summed E-state index contributed by atoms with van der Waals surface area (Å²) in [6.07, 6.45) is 1.55. The first-order valence-electron chi connectivity index (χ1n) is 11.8. The van der Waals surface area contributed by atoms with E-state index in [1.807, 2.05) is 18.2 Å². The van der Waals surface area contributed by atoms with Crippen molar-refractivity contribution in [2.24, 2.45) is 11.1 Å². The third kappa shape index (κ3) is 5.38. The fraction of sp³-hybridized carbons (Fsp3) is 0.333. The highest BCUT2D eigenvalue weighted by Crippen LogP contribution is 2.50. The number of halogens is 3. The number of nitrogens with two attached hydrogens (primary N) is 1. The highest BCUT2D eigenvalue weighted by molar-refractivity contribution is 6.34. The number of anilines is 1. The van der Waals surface area contributed by atoms with Gasteiger partial charge in [0.15, 0.2) is 0 Å². The Labute approximate surface area is 224 Å². The summed E-state index contributed by atoms with van der Waals surface area (Å²) in [5.74, 6) is -4.09. The molecule has 37 heavy (non-hydrogen) atoms. The van der Waals surface area contributed by atoms with Gasteiger partial charge in [-0.25, -0.2) is 9.18 Å². The zero-order chi connectivity index (χ0) is 26.9. The summed E-state index contributed by atoms with van der Waals surface area (Å²) in [6, 6.07) is 10.8. The smallest absolute Gasteiger partial charge is 0.333 e. The van der Waals surface area contributed by atoms with Gasteiger partial charge >= 0.3 is 11.9 Å². The van der Waals surface area contributed by atoms with E-state index in [9.17, 15) is 24.2 Å². The predicted octanol–water partition coefficient (Wildman–Crippen LogP) is 4.45. The number of hydrogen-bond donors (Lipinski definition) is 3. The molecule has 10 heteroatoms. The molecule has 2 unspecified atom stereocenters. The zero-order valence-electron chi connectivity index (χ0n) is 20.3. The maximum atomic E-state index is 13.6. The lowest BCUT2D eigenvalue weighted by Crippen LogP contribution is -2.48. The van der Waals surface area contributed by atoms with Crippen LogP contribution in [-0.2, 0) is 16.1 Å². The molecule has 1 aliphatic heterocycles. The molecule has 4 rings (SSSR count). The molecular weight excluding hydrogens is 520 g/mol. The molecule has 2 aromatic carbocycles. The van der Waals surface area contributed by atoms with Crippen molar-refractivity contribution in [2.45, 2.75) is 19.4 Å². The van der Waals surface area contributed by atoms with E-state index >= 15 is 0 Å². The molecule has 1 fully saturated rings. The van der Waals surface area contributed by atoms with Gasteiger partial charge in [-0.2, -0.15) is 0 Å². The molecular formula is C27H28Cl2FN3O4. The summed E-state index contributed by atoms with van der Waals surface area (Å²) in [5.41, 5.74) is 6.88. The summed E-state index contributed by atoms with van der Waals surface area (Å²) in [7, 11) is 0. The van der Waals surface area contributed by atoms with E-state index in [1.54, 1.807) is 6.08 Å². The number of hydrogen-bond acceptors (Lipinski definition) is 5. The van der Waals surface area contributed by atoms with Crippen LogP contribution in [0, 0.1) is 11.2 Å². The average Bonchev–Trinajstić information content (AvgIpc) is 2.86. The lowest BCUT2D eigenvalue weighted by atomic mass is 9.65. The van der Waals surface area contributed by atoms with Gasteiger partial charge in [0.25, 0.3) is 0 Å². The van der Waals surface area contributed by atoms with Gasteiger partial charge in [-0.3, -0.25) is 9.69 Å². The van der Waals surface area contributed by atoms with E-state index in [0.717, 1.165) is 11.3 Å². The molecule has 0 spiro atoms. The summed E-state index contributed by atoms with van der Waals surface area (Å²) in [4.78, 5) is 29.2. The van der Waals surface area contributed by atoms with Crippen LogP contribution in [0.3, 0.4) is 0 Å². The highest BCUT2D eigenvalue weighted by Gasteiger charge is 2.49. The fourth-order valence-electron chi connectivity index (χ4n) is 5.19. The van der Waals surface area contributed by atoms with E-state index in [1.165, 1.54) is 31.2 Å². The van der Waals surface area contributed by atoms with Crippen LogP contribution >= 0.6 is 23.2 Å². The van der Waals surface area contributed by atoms with Crippen molar-refractivity contribution in [2.75, 3.05) is 37.6 Å². The Kier molecular flexibility index (Phi) is 7.94. The summed E-state index contributed by atoms with van der Waals surface area (Å²) >= 11 is 12.9. The van der Waals surface area contributed by atoms with Crippen LogP contribution < -0.4 is 10.6 Å². The number of piperazine rings is 1. The second-order valence-corrected chi connectivity index (χ2v) is 10.3. The molecule has 1 heterocycles. The molecule has 2 atom stereocenters. The Morgan fingerprint density at radius 2 is 1.73 bits per heavy atom. The normalized spacial score (nSPS) is 22.7. The third-order valence-electron chi connectivity index (χ3n) is 7.15. The Hall–Kier alpha value is -2.91. The summed E-state index contributed by atoms with van der Waals surface area (Å²) < 4.78 is 13.6. The molecule has 4 N–H and O–H groups in total. The minimum absolute atomic E-state index is 0.0169. The first-order valence-corrected chi connectivity index (χ1v) is 12.6. The van der Waals surface area contributed by atoms with Gasteiger partial charge in [-0.1, -0.05) is 47.5 Å². The van der Waals surface area contributed by atoms with Crippen LogP contribution in [0.25, 0.3) is 0 Å². The first-order chi connectivity index (χ1) is 17.5. The standard InChI is InChI=1S/C27H28Cl2FN3O4/c1-27(26(36)37)13-18(24(29)22(25(34)35)23(27)16-3-6-20(30)7-4-16)15-32-8-10-33(11-9-32)21-12-19(28)5-2-17(21)14-31/h2-7,12-13,23H,8-11,14-15,31H2,1H3,(H,34,35)(H,36,37). The van der Waals surface area contributed by atoms with Crippen molar-refractivity contribution in [3.05, 3.63) is 86.7 Å². The topological polar surface area (TPSA) is 107 Å². The van der Waals surface area contributed by atoms with Crippen LogP contribution in [-0.4, -0.2) is 59.8 Å². The van der Waals surface area contributed by atoms with E-state index in [4.69, 9.17) is 28.9 Å². The minimum Gasteiger partial charge on any atom is -0.481 e. The van der Waals surface area contributed by atoms with Crippen LogP contribution in [0.15, 0.2) is 64.7 Å². The van der Waals surface area contributed by atoms with E-state index < -0.39 is 29.1 Å². The molecule has 1 aliphatic carbocycles. The SMILES string of the molecule is CC1(C(=O)O)C=C(CN2CCN(c3cc(Cl)ccc3CN)CC2)C(Cl)=C(C(=O)O)C1c1ccc(F)cc1. The van der Waals surface area contributed by atoms with Crippen molar-refractivity contribution in [1.82, 2.24) is 4.90 Å². The quantitative estimate of drug-likeness (QED) is 0.470. The number of carbonyl (C=O) groups is 2. The monoisotopic (exact) mass is 547 g/mol. The molecule has 7 nitrogen and oxygen atoms in total. The van der Waals surface area contributed by atoms with Gasteiger partial charge < -0.3 is 20.8 Å². The van der Waals surface area contributed by atoms with Gasteiger partial charge in [0, 0.05) is 55.9 Å². The second kappa shape index (κ2) is 10.8. The molecule has 0 amide bonds. The molecule has 0 aromatic heterocycles. The number of benzene rings is 2. The Morgan fingerprint density at radius 3 is 2.30 bits per heavy atom. The predicted molar refractivity (Wildman–Crippen MR) is 141 cm³/mol. The summed E-state index contributed by atoms with van der Waals surface area (Å²) in [5, 5.41) is 20.9. The van der Waals surface area contributed by atoms with Gasteiger partial charge in [0.05, 0.1) is 16.0 Å². The van der Waals surface area contributed by atoms with Crippen molar-refractivity contribution in [1.29, 1.82) is 0 Å². The fourth-order valence-corrected chi connectivity index (χ4v) is 5.66. The van der Waals surface area contributed by atoms with Gasteiger partial charge in [0.2, 0.25) is 0 Å². The number of rotatable bonds is 7. The molecule has 0 bridgehead atoms. The highest BCUT2D eigenvalue weighted by atomic mass is 35.5. The summed E-state index contributed by atoms with van der Waals surface area (Å²) in [6.45, 7) is 4.81. The molecule has 2 aliphatic rings. The van der Waals surface area contributed by atoms with Crippen LogP contribution in [0.4, 0.5) is 10.1 Å². The van der Waals surface area contributed by atoms with Crippen LogP contribution in [0.1, 0.15) is 24.0 Å². The number of carboxylic acids is 2. The van der Waals surface area contributed by atoms with E-state index in [2.05, 4.69) is 9.80 Å². The number of carboxylic acid groups (broad SMARTS) is 2. The van der Waals surface area contributed by atoms with E-state index in [0.29, 0.717) is 55.4 Å². The molecule has 2 aromatic rings. The lowest BCUT2D eigenvalue weighted by Gasteiger charge is -2.40. The average molecular weight is 548 g/mol. The van der Waals surface area contributed by atoms with Crippen LogP contribution in [0.2, 0.25) is 5.02 Å². The minimum atomic E-state index is -1.60. The zero-order valence-corrected chi connectivity index (χ0v) is 21.8. The van der Waals surface area contributed by atoms with Crippen molar-refractivity contribution in [3.8, 4) is 0 Å². The lowest BCUT2D eigenvalue weighted by molar-refractivity contribution is -0.146. The van der Waals surface area contributed by atoms with Gasteiger partial charge in [0.1, 0.15) is 5.82 Å². The maximum absolute atomic E-state index is 13.6. The molecule has 196 valence electrons. The number of aliphatic carboxylic acids is 2. The largest absolute Gasteiger partial charge is 0.481 e. The first kappa shape index (κ1) is 27.1. The maximum Gasteiger partial charge on any atom is 0.333 e. The van der Waals surface area contributed by atoms with Crippen LogP contribution in [0.5, 0.6) is 0 Å². The van der Waals surface area contributed by atoms with Crippen molar-refractivity contribution in [3.63, 3.8) is 0 Å². The Bertz CT molecular complexity index is 1270. The Balaban J connectivity index is 1.61. The molecule has 1 saturated heterocycles. The van der Waals surface area contributed by atoms with Gasteiger partial charge in [-0.15, -0.1) is 0 Å². The van der Waals surface area contributed by atoms with E-state index in [-0.39, 0.29) is 10.6 Å². The van der Waals surface area contributed by atoms with Gasteiger partial charge in [-0.05, 0) is 47.9 Å². The number of nitrogens with zero attached hydrogens (tertiary/aromatic N) is 2. The van der Waals surface area contributed by atoms with Crippen molar-refractivity contribution >= 4 is 40.8 Å². The third-order valence-corrected chi connectivity index (χ3v) is 7.83. The Morgan fingerprint density at radius 1 is 1.08 bits per heavy atom. The van der Waals surface area contributed by atoms with Crippen molar-refractivity contribution < 1.29 is 24.2 Å². The molecule has 0 radical (unpaired) electrons. The second-order valence-electron chi connectivity index (χ2n) is 9.52. The molecule has 0 saturated carbocycles.